The molecule has 3 aromatic rings. The summed E-state index contributed by atoms with van der Waals surface area (Å²) < 4.78 is 23.9. The highest BCUT2D eigenvalue weighted by molar-refractivity contribution is 7.72. The predicted octanol–water partition coefficient (Wildman–Crippen LogP) is 1.26. The van der Waals surface area contributed by atoms with Gasteiger partial charge in [0.1, 0.15) is 17.3 Å². The molecule has 5 rings (SSSR count). The van der Waals surface area contributed by atoms with Crippen LogP contribution in [-0.2, 0) is 16.2 Å². The quantitative estimate of drug-likeness (QED) is 0.521. The number of fused-ring (bicyclic) bond motifs is 1. The Bertz CT molecular complexity index is 1320. The van der Waals surface area contributed by atoms with E-state index < -0.39 is 16.2 Å². The van der Waals surface area contributed by atoms with Crippen molar-refractivity contribution < 1.29 is 8.42 Å². The van der Waals surface area contributed by atoms with Gasteiger partial charge in [0.05, 0.1) is 30.1 Å². The number of pyridine rings is 1. The number of rotatable bonds is 6. The van der Waals surface area contributed by atoms with Gasteiger partial charge in [-0.25, -0.2) is 13.4 Å². The minimum Gasteiger partial charge on any atom is -0.346 e. The van der Waals surface area contributed by atoms with Crippen LogP contribution in [0.2, 0.25) is 0 Å². The first-order chi connectivity index (χ1) is 16.0. The molecule has 11 heteroatoms. The fraction of sp³-hybridized carbons (Fsp3) is 0.455. The molecule has 0 spiro atoms. The number of hydrogen-bond donors (Lipinski definition) is 2. The first-order valence-corrected chi connectivity index (χ1v) is 12.3. The van der Waals surface area contributed by atoms with Crippen LogP contribution >= 0.6 is 0 Å². The average Bonchev–Trinajstić information content (AvgIpc) is 3.45. The number of aromatic amines is 1. The third kappa shape index (κ3) is 3.89. The van der Waals surface area contributed by atoms with Crippen molar-refractivity contribution in [3.05, 3.63) is 36.4 Å². The number of aromatic nitrogens is 4. The van der Waals surface area contributed by atoms with E-state index in [1.54, 1.807) is 18.6 Å². The van der Waals surface area contributed by atoms with E-state index in [0.29, 0.717) is 23.7 Å². The van der Waals surface area contributed by atoms with Crippen LogP contribution in [0, 0.1) is 22.7 Å². The van der Waals surface area contributed by atoms with Crippen molar-refractivity contribution in [2.24, 2.45) is 0 Å². The maximum absolute atomic E-state index is 11.0. The first-order valence-electron chi connectivity index (χ1n) is 10.9. The van der Waals surface area contributed by atoms with Crippen LogP contribution in [0.25, 0.3) is 22.2 Å². The van der Waals surface area contributed by atoms with Crippen LogP contribution in [-0.4, -0.2) is 76.1 Å². The standard InChI is InChI=1S/C22H24N8O2S/c23-5-4-22(13-29(14-22)18-2-7-28(8-3-18)15-33(31)32)30-12-17(11-27-30)20-16(9-24)10-26-21-19(20)1-6-25-21/h1,6,10-12,18,33H,2-4,7-8,13-15H2,(H,25,26). The monoisotopic (exact) mass is 464 g/mol. The van der Waals surface area contributed by atoms with Gasteiger partial charge in [0.15, 0.2) is 10.7 Å². The highest BCUT2D eigenvalue weighted by Gasteiger charge is 2.48. The van der Waals surface area contributed by atoms with E-state index in [0.717, 1.165) is 55.5 Å². The van der Waals surface area contributed by atoms with E-state index in [-0.39, 0.29) is 5.88 Å². The molecular formula is C22H24N8O2S. The molecule has 1 N–H and O–H groups in total. The van der Waals surface area contributed by atoms with Crippen molar-refractivity contribution in [2.75, 3.05) is 32.1 Å². The minimum atomic E-state index is -2.38. The summed E-state index contributed by atoms with van der Waals surface area (Å²) in [5.41, 5.74) is 2.42. The third-order valence-corrected chi connectivity index (χ3v) is 7.49. The molecule has 0 aliphatic carbocycles. The SMILES string of the molecule is N#CCC1(n2cc(-c3c(C#N)cnc4[nH]ccc34)cn2)CN(C2CCN(C[SH](=O)=O)CC2)C1. The van der Waals surface area contributed by atoms with E-state index >= 15 is 0 Å². The third-order valence-electron chi connectivity index (χ3n) is 6.86. The number of nitrogens with zero attached hydrogens (tertiary/aromatic N) is 7. The number of thiol groups is 1. The number of piperidine rings is 1. The van der Waals surface area contributed by atoms with Gasteiger partial charge in [-0.2, -0.15) is 15.6 Å². The number of H-pyrrole nitrogens is 1. The lowest BCUT2D eigenvalue weighted by Gasteiger charge is -2.53. The number of nitriles is 2. The molecule has 33 heavy (non-hydrogen) atoms. The molecule has 0 atom stereocenters. The predicted molar refractivity (Wildman–Crippen MR) is 122 cm³/mol. The Kier molecular flexibility index (Phi) is 5.62. The molecule has 2 aliphatic rings. The van der Waals surface area contributed by atoms with Gasteiger partial charge in [0.2, 0.25) is 0 Å². The maximum atomic E-state index is 11.0. The fourth-order valence-electron chi connectivity index (χ4n) is 5.16. The topological polar surface area (TPSA) is 135 Å². The summed E-state index contributed by atoms with van der Waals surface area (Å²) in [4.78, 5) is 11.7. The summed E-state index contributed by atoms with van der Waals surface area (Å²) in [6.45, 7) is 2.99. The highest BCUT2D eigenvalue weighted by Crippen LogP contribution is 2.38. The van der Waals surface area contributed by atoms with Crippen LogP contribution in [0.5, 0.6) is 0 Å². The lowest BCUT2D eigenvalue weighted by atomic mass is 9.84. The molecule has 0 unspecified atom stereocenters. The molecule has 0 radical (unpaired) electrons. The summed E-state index contributed by atoms with van der Waals surface area (Å²) in [6.07, 6.45) is 9.25. The number of nitrogens with one attached hydrogen (secondary N) is 1. The van der Waals surface area contributed by atoms with E-state index in [1.165, 1.54) is 0 Å². The number of likely N-dealkylation sites (tertiary alicyclic amines) is 2. The lowest BCUT2D eigenvalue weighted by molar-refractivity contribution is -0.0417. The van der Waals surface area contributed by atoms with Gasteiger partial charge >= 0.3 is 0 Å². The highest BCUT2D eigenvalue weighted by atomic mass is 32.2. The maximum Gasteiger partial charge on any atom is 0.153 e. The molecule has 0 aromatic carbocycles. The number of hydrogen-bond acceptors (Lipinski definition) is 8. The van der Waals surface area contributed by atoms with Crippen LogP contribution < -0.4 is 0 Å². The van der Waals surface area contributed by atoms with Crippen LogP contribution in [0.4, 0.5) is 0 Å². The lowest BCUT2D eigenvalue weighted by Crippen LogP contribution is -2.66. The minimum absolute atomic E-state index is 0.130. The molecule has 0 saturated carbocycles. The summed E-state index contributed by atoms with van der Waals surface area (Å²) in [7, 11) is -2.38. The Morgan fingerprint density at radius 3 is 2.70 bits per heavy atom. The van der Waals surface area contributed by atoms with Crippen molar-refractivity contribution in [2.45, 2.75) is 30.8 Å². The Hall–Kier alpha value is -3.25. The van der Waals surface area contributed by atoms with Crippen LogP contribution in [0.3, 0.4) is 0 Å². The molecule has 2 aliphatic heterocycles. The summed E-state index contributed by atoms with van der Waals surface area (Å²) in [6, 6.07) is 6.85. The molecule has 2 fully saturated rings. The van der Waals surface area contributed by atoms with Gasteiger partial charge < -0.3 is 4.98 Å². The zero-order valence-electron chi connectivity index (χ0n) is 18.0. The summed E-state index contributed by atoms with van der Waals surface area (Å²) in [5, 5.41) is 24.6. The van der Waals surface area contributed by atoms with Crippen molar-refractivity contribution in [1.82, 2.24) is 29.5 Å². The molecule has 0 bridgehead atoms. The van der Waals surface area contributed by atoms with E-state index in [1.807, 2.05) is 21.8 Å². The van der Waals surface area contributed by atoms with Gasteiger partial charge in [-0.15, -0.1) is 0 Å². The van der Waals surface area contributed by atoms with E-state index in [9.17, 15) is 18.9 Å². The second kappa shape index (κ2) is 8.60. The first kappa shape index (κ1) is 21.6. The fourth-order valence-corrected chi connectivity index (χ4v) is 5.77. The average molecular weight is 465 g/mol. The zero-order valence-corrected chi connectivity index (χ0v) is 18.9. The molecule has 3 aromatic heterocycles. The van der Waals surface area contributed by atoms with Gasteiger partial charge in [-0.1, -0.05) is 0 Å². The Morgan fingerprint density at radius 2 is 2.00 bits per heavy atom. The molecule has 10 nitrogen and oxygen atoms in total. The Labute approximate surface area is 193 Å². The summed E-state index contributed by atoms with van der Waals surface area (Å²) in [5.74, 6) is 0.130. The second-order valence-electron chi connectivity index (χ2n) is 8.86. The molecule has 0 amide bonds. The Morgan fingerprint density at radius 1 is 1.21 bits per heavy atom. The molecule has 170 valence electrons. The largest absolute Gasteiger partial charge is 0.346 e. The Balaban J connectivity index is 1.35. The molecular weight excluding hydrogens is 440 g/mol. The van der Waals surface area contributed by atoms with Crippen LogP contribution in [0.15, 0.2) is 30.9 Å². The van der Waals surface area contributed by atoms with Gasteiger partial charge in [-0.05, 0) is 18.9 Å². The summed E-state index contributed by atoms with van der Waals surface area (Å²) >= 11 is 0. The van der Waals surface area contributed by atoms with Crippen LogP contribution in [0.1, 0.15) is 24.8 Å². The smallest absolute Gasteiger partial charge is 0.153 e. The van der Waals surface area contributed by atoms with Gasteiger partial charge in [-0.3, -0.25) is 14.5 Å². The molecule has 2 saturated heterocycles. The van der Waals surface area contributed by atoms with Gasteiger partial charge in [0.25, 0.3) is 0 Å². The van der Waals surface area contributed by atoms with Crippen molar-refractivity contribution in [3.63, 3.8) is 0 Å². The zero-order chi connectivity index (χ0) is 23.0. The van der Waals surface area contributed by atoms with Crippen molar-refractivity contribution >= 4 is 21.7 Å². The van der Waals surface area contributed by atoms with Gasteiger partial charge in [0, 0.05) is 67.3 Å². The van der Waals surface area contributed by atoms with Crippen molar-refractivity contribution in [3.8, 4) is 23.3 Å². The molecule has 5 heterocycles. The van der Waals surface area contributed by atoms with E-state index in [4.69, 9.17) is 0 Å². The normalized spacial score (nSPS) is 19.4. The van der Waals surface area contributed by atoms with E-state index in [2.05, 4.69) is 32.1 Å². The second-order valence-corrected chi connectivity index (χ2v) is 9.81. The van der Waals surface area contributed by atoms with Crippen molar-refractivity contribution in [1.29, 1.82) is 10.5 Å².